The zero-order chi connectivity index (χ0) is 26.6. The average molecular weight is 519 g/mol. The second-order valence-electron chi connectivity index (χ2n) is 9.53. The Morgan fingerprint density at radius 2 is 1.92 bits per heavy atom. The highest BCUT2D eigenvalue weighted by molar-refractivity contribution is 5.92. The Labute approximate surface area is 221 Å². The lowest BCUT2D eigenvalue weighted by Crippen LogP contribution is -2.28. The van der Waals surface area contributed by atoms with Crippen molar-refractivity contribution >= 4 is 22.8 Å². The third-order valence-electron chi connectivity index (χ3n) is 7.04. The summed E-state index contributed by atoms with van der Waals surface area (Å²) in [6, 6.07) is 5.49. The fourth-order valence-electron chi connectivity index (χ4n) is 5.03. The topological polar surface area (TPSA) is 98.7 Å². The van der Waals surface area contributed by atoms with Gasteiger partial charge in [0.2, 0.25) is 5.91 Å². The minimum atomic E-state index is -0.763. The van der Waals surface area contributed by atoms with E-state index in [9.17, 15) is 9.18 Å². The molecule has 3 aromatic rings. The molecule has 5 rings (SSSR count). The number of nitrogens with two attached hydrogens (primary N) is 1. The molecule has 0 radical (unpaired) electrons. The van der Waals surface area contributed by atoms with Crippen LogP contribution in [-0.2, 0) is 4.79 Å². The number of carbonyl (C=O) groups excluding carboxylic acids is 1. The number of hydrogen-bond acceptors (Lipinski definition) is 7. The van der Waals surface area contributed by atoms with E-state index >= 15 is 0 Å². The minimum absolute atomic E-state index is 0.0301. The SMILES string of the molecule is COc1cc(C#Cc2cn(C3CCN(C(=O)C=CCN4CC[C@H](F)C4)C3)c3ncnc(N)c23)cc(OC)c1. The van der Waals surface area contributed by atoms with Gasteiger partial charge in [-0.25, -0.2) is 14.4 Å². The van der Waals surface area contributed by atoms with Crippen LogP contribution < -0.4 is 15.2 Å². The Kier molecular flexibility index (Phi) is 7.47. The summed E-state index contributed by atoms with van der Waals surface area (Å²) in [5.41, 5.74) is 8.38. The molecule has 2 atom stereocenters. The van der Waals surface area contributed by atoms with Gasteiger partial charge in [0, 0.05) is 56.6 Å². The van der Waals surface area contributed by atoms with E-state index in [1.54, 1.807) is 26.4 Å². The van der Waals surface area contributed by atoms with E-state index in [1.807, 2.05) is 38.8 Å². The number of likely N-dealkylation sites (tertiary alicyclic amines) is 2. The van der Waals surface area contributed by atoms with Crippen LogP contribution in [0.25, 0.3) is 11.0 Å². The number of aromatic nitrogens is 3. The van der Waals surface area contributed by atoms with Gasteiger partial charge >= 0.3 is 0 Å². The molecular formula is C28H31FN6O3. The summed E-state index contributed by atoms with van der Waals surface area (Å²) < 4.78 is 26.1. The Bertz CT molecular complexity index is 1400. The predicted molar refractivity (Wildman–Crippen MR) is 143 cm³/mol. The maximum Gasteiger partial charge on any atom is 0.246 e. The van der Waals surface area contributed by atoms with Gasteiger partial charge < -0.3 is 24.7 Å². The van der Waals surface area contributed by atoms with Gasteiger partial charge in [0.15, 0.2) is 0 Å². The number of halogens is 1. The zero-order valence-electron chi connectivity index (χ0n) is 21.6. The molecule has 9 nitrogen and oxygen atoms in total. The van der Waals surface area contributed by atoms with Gasteiger partial charge in [-0.15, -0.1) is 0 Å². The number of nitrogens with zero attached hydrogens (tertiary/aromatic N) is 5. The Morgan fingerprint density at radius 3 is 2.63 bits per heavy atom. The predicted octanol–water partition coefficient (Wildman–Crippen LogP) is 2.80. The number of hydrogen-bond donors (Lipinski definition) is 1. The summed E-state index contributed by atoms with van der Waals surface area (Å²) in [6.07, 6.45) is 7.39. The summed E-state index contributed by atoms with van der Waals surface area (Å²) in [6.45, 7) is 2.94. The van der Waals surface area contributed by atoms with Gasteiger partial charge in [-0.2, -0.15) is 0 Å². The highest BCUT2D eigenvalue weighted by Crippen LogP contribution is 2.31. The Morgan fingerprint density at radius 1 is 1.13 bits per heavy atom. The van der Waals surface area contributed by atoms with Crippen molar-refractivity contribution in [2.45, 2.75) is 25.1 Å². The van der Waals surface area contributed by atoms with Crippen molar-refractivity contribution in [1.29, 1.82) is 0 Å². The molecule has 2 aromatic heterocycles. The molecule has 2 aliphatic heterocycles. The molecule has 0 bridgehead atoms. The normalized spacial score (nSPS) is 19.7. The molecule has 0 aliphatic carbocycles. The number of anilines is 1. The number of amides is 1. The molecule has 0 spiro atoms. The van der Waals surface area contributed by atoms with E-state index in [-0.39, 0.29) is 11.9 Å². The number of rotatable bonds is 6. The number of alkyl halides is 1. The fourth-order valence-corrected chi connectivity index (χ4v) is 5.03. The van der Waals surface area contributed by atoms with Crippen molar-refractivity contribution in [2.24, 2.45) is 0 Å². The number of ether oxygens (including phenoxy) is 2. The molecule has 2 N–H and O–H groups in total. The molecule has 10 heteroatoms. The van der Waals surface area contributed by atoms with E-state index in [4.69, 9.17) is 15.2 Å². The van der Waals surface area contributed by atoms with Crippen molar-refractivity contribution in [3.63, 3.8) is 0 Å². The van der Waals surface area contributed by atoms with Gasteiger partial charge in [-0.05, 0) is 25.0 Å². The first-order valence-electron chi connectivity index (χ1n) is 12.6. The van der Waals surface area contributed by atoms with Crippen molar-refractivity contribution in [3.8, 4) is 23.3 Å². The van der Waals surface area contributed by atoms with Crippen LogP contribution in [0.4, 0.5) is 10.2 Å². The van der Waals surface area contributed by atoms with E-state index in [1.165, 1.54) is 6.33 Å². The standard InChI is InChI=1S/C28H31FN6O3/c1-37-23-12-19(13-24(14-23)38-2)5-6-20-15-35(28-26(20)27(30)31-18-32-28)22-8-11-34(17-22)25(36)4-3-9-33-10-7-21(29)16-33/h3-4,12-15,18,21-22H,7-11,16-17H2,1-2H3,(H2,30,31,32)/t21-,22?/m0/s1. The molecule has 4 heterocycles. The molecule has 2 saturated heterocycles. The zero-order valence-corrected chi connectivity index (χ0v) is 21.6. The molecular weight excluding hydrogens is 487 g/mol. The van der Waals surface area contributed by atoms with Crippen molar-refractivity contribution < 1.29 is 18.7 Å². The van der Waals surface area contributed by atoms with Gasteiger partial charge in [0.05, 0.1) is 31.2 Å². The monoisotopic (exact) mass is 518 g/mol. The van der Waals surface area contributed by atoms with Crippen LogP contribution in [0.2, 0.25) is 0 Å². The third kappa shape index (κ3) is 5.43. The summed E-state index contributed by atoms with van der Waals surface area (Å²) in [5.74, 6) is 8.00. The summed E-state index contributed by atoms with van der Waals surface area (Å²) in [7, 11) is 3.19. The van der Waals surface area contributed by atoms with Crippen LogP contribution in [0.3, 0.4) is 0 Å². The first-order chi connectivity index (χ1) is 18.4. The maximum atomic E-state index is 13.4. The summed E-state index contributed by atoms with van der Waals surface area (Å²) in [5, 5.41) is 0.691. The van der Waals surface area contributed by atoms with Crippen LogP contribution >= 0.6 is 0 Å². The smallest absolute Gasteiger partial charge is 0.246 e. The second kappa shape index (κ2) is 11.1. The van der Waals surface area contributed by atoms with Gasteiger partial charge in [0.25, 0.3) is 0 Å². The second-order valence-corrected chi connectivity index (χ2v) is 9.53. The largest absolute Gasteiger partial charge is 0.497 e. The van der Waals surface area contributed by atoms with E-state index < -0.39 is 6.17 Å². The number of fused-ring (bicyclic) bond motifs is 1. The molecule has 0 saturated carbocycles. The first-order valence-corrected chi connectivity index (χ1v) is 12.6. The first kappa shape index (κ1) is 25.5. The lowest BCUT2D eigenvalue weighted by molar-refractivity contribution is -0.125. The maximum absolute atomic E-state index is 13.4. The van der Waals surface area contributed by atoms with Crippen molar-refractivity contribution in [1.82, 2.24) is 24.3 Å². The highest BCUT2D eigenvalue weighted by Gasteiger charge is 2.28. The van der Waals surface area contributed by atoms with Crippen molar-refractivity contribution in [2.75, 3.05) is 52.7 Å². The Hall–Kier alpha value is -4.10. The quantitative estimate of drug-likeness (QED) is 0.396. The van der Waals surface area contributed by atoms with Gasteiger partial charge in [0.1, 0.15) is 35.5 Å². The van der Waals surface area contributed by atoms with Crippen molar-refractivity contribution in [3.05, 3.63) is 54.0 Å². The lowest BCUT2D eigenvalue weighted by Gasteiger charge is -2.16. The lowest BCUT2D eigenvalue weighted by atomic mass is 10.1. The minimum Gasteiger partial charge on any atom is -0.497 e. The number of methoxy groups -OCH3 is 2. The third-order valence-corrected chi connectivity index (χ3v) is 7.04. The number of carbonyl (C=O) groups is 1. The van der Waals surface area contributed by atoms with Gasteiger partial charge in [-0.3, -0.25) is 9.69 Å². The fraction of sp³-hybridized carbons (Fsp3) is 0.393. The van der Waals surface area contributed by atoms with Gasteiger partial charge in [-0.1, -0.05) is 17.9 Å². The molecule has 1 aromatic carbocycles. The molecule has 1 unspecified atom stereocenters. The molecule has 2 aliphatic rings. The van der Waals surface area contributed by atoms with Crippen LogP contribution in [0.15, 0.2) is 42.9 Å². The van der Waals surface area contributed by atoms with E-state index in [2.05, 4.69) is 21.8 Å². The van der Waals surface area contributed by atoms with E-state index in [0.29, 0.717) is 66.5 Å². The van der Waals surface area contributed by atoms with E-state index in [0.717, 1.165) is 18.5 Å². The molecule has 38 heavy (non-hydrogen) atoms. The molecule has 1 amide bonds. The highest BCUT2D eigenvalue weighted by atomic mass is 19.1. The van der Waals surface area contributed by atoms with Crippen LogP contribution in [0.1, 0.15) is 30.0 Å². The molecule has 2 fully saturated rings. The van der Waals surface area contributed by atoms with Crippen LogP contribution in [0.5, 0.6) is 11.5 Å². The number of benzene rings is 1. The summed E-state index contributed by atoms with van der Waals surface area (Å²) in [4.78, 5) is 25.3. The summed E-state index contributed by atoms with van der Waals surface area (Å²) >= 11 is 0. The number of nitrogen functional groups attached to an aromatic ring is 1. The molecule has 198 valence electrons. The van der Waals surface area contributed by atoms with Crippen LogP contribution in [0, 0.1) is 11.8 Å². The Balaban J connectivity index is 1.35. The van der Waals surface area contributed by atoms with Crippen LogP contribution in [-0.4, -0.2) is 83.4 Å². The average Bonchev–Trinajstić information content (AvgIpc) is 3.66.